The normalized spacial score (nSPS) is 22.2. The van der Waals surface area contributed by atoms with Crippen molar-refractivity contribution in [2.45, 2.75) is 56.0 Å². The van der Waals surface area contributed by atoms with Crippen molar-refractivity contribution in [2.75, 3.05) is 37.6 Å². The Kier molecular flexibility index (Phi) is 7.99. The van der Waals surface area contributed by atoms with Crippen molar-refractivity contribution < 1.29 is 22.8 Å². The first-order valence-corrected chi connectivity index (χ1v) is 15.1. The van der Waals surface area contributed by atoms with Gasteiger partial charge < -0.3 is 15.1 Å². The standard InChI is InChI=1S/C28H35N5O5S/c1-20(8-14-30-28(36)21-4-6-22(7-5-21)31-15-2-3-16-31)18-26(35)32-17-11-24-27(32)25(34)19-33(24)39(37,38)23-9-12-29-13-10-23/h4-7,9-10,12-13,20,24,27H,2-3,8,11,14-19H2,1H3,(H,30,36). The van der Waals surface area contributed by atoms with E-state index < -0.39 is 22.1 Å². The van der Waals surface area contributed by atoms with E-state index in [4.69, 9.17) is 0 Å². The van der Waals surface area contributed by atoms with Crippen molar-refractivity contribution in [3.05, 3.63) is 54.4 Å². The summed E-state index contributed by atoms with van der Waals surface area (Å²) < 4.78 is 27.5. The smallest absolute Gasteiger partial charge is 0.251 e. The molecule has 0 radical (unpaired) electrons. The number of rotatable bonds is 9. The summed E-state index contributed by atoms with van der Waals surface area (Å²) >= 11 is 0. The first-order chi connectivity index (χ1) is 18.8. The second kappa shape index (κ2) is 11.4. The largest absolute Gasteiger partial charge is 0.372 e. The van der Waals surface area contributed by atoms with Crippen LogP contribution in [0.1, 0.15) is 49.4 Å². The molecule has 3 atom stereocenters. The van der Waals surface area contributed by atoms with Gasteiger partial charge in [0, 0.05) is 56.2 Å². The molecule has 4 heterocycles. The lowest BCUT2D eigenvalue weighted by molar-refractivity contribution is -0.137. The van der Waals surface area contributed by atoms with Gasteiger partial charge in [0.25, 0.3) is 5.91 Å². The summed E-state index contributed by atoms with van der Waals surface area (Å²) in [6.07, 6.45) is 6.47. The first-order valence-electron chi connectivity index (χ1n) is 13.6. The lowest BCUT2D eigenvalue weighted by Crippen LogP contribution is -2.44. The molecule has 1 aromatic carbocycles. The molecule has 2 amide bonds. The third-order valence-corrected chi connectivity index (χ3v) is 9.89. The number of sulfonamides is 1. The molecule has 3 unspecified atom stereocenters. The molecule has 0 saturated carbocycles. The number of likely N-dealkylation sites (tertiary alicyclic amines) is 1. The Labute approximate surface area is 229 Å². The van der Waals surface area contributed by atoms with Crippen LogP contribution in [-0.2, 0) is 19.6 Å². The molecule has 2 aromatic rings. The molecule has 3 fully saturated rings. The van der Waals surface area contributed by atoms with E-state index in [9.17, 15) is 22.8 Å². The zero-order valence-corrected chi connectivity index (χ0v) is 23.0. The summed E-state index contributed by atoms with van der Waals surface area (Å²) in [5, 5.41) is 2.93. The number of ketones is 1. The van der Waals surface area contributed by atoms with Gasteiger partial charge in [-0.3, -0.25) is 19.4 Å². The Hall–Kier alpha value is -3.31. The number of benzene rings is 1. The van der Waals surface area contributed by atoms with Gasteiger partial charge in [0.15, 0.2) is 5.78 Å². The molecule has 11 heteroatoms. The lowest BCUT2D eigenvalue weighted by Gasteiger charge is -2.25. The molecule has 0 spiro atoms. The van der Waals surface area contributed by atoms with Crippen LogP contribution in [0.3, 0.4) is 0 Å². The maximum absolute atomic E-state index is 13.1. The van der Waals surface area contributed by atoms with Crippen LogP contribution in [0.15, 0.2) is 53.7 Å². The predicted molar refractivity (Wildman–Crippen MR) is 146 cm³/mol. The van der Waals surface area contributed by atoms with Gasteiger partial charge >= 0.3 is 0 Å². The number of nitrogens with zero attached hydrogens (tertiary/aromatic N) is 4. The van der Waals surface area contributed by atoms with E-state index in [1.807, 2.05) is 31.2 Å². The second-order valence-corrected chi connectivity index (χ2v) is 12.6. The van der Waals surface area contributed by atoms with Gasteiger partial charge in [-0.1, -0.05) is 6.92 Å². The molecular weight excluding hydrogens is 518 g/mol. The maximum Gasteiger partial charge on any atom is 0.251 e. The van der Waals surface area contributed by atoms with Gasteiger partial charge in [-0.25, -0.2) is 8.42 Å². The Morgan fingerprint density at radius 3 is 2.44 bits per heavy atom. The third-order valence-electron chi connectivity index (χ3n) is 8.00. The molecule has 1 N–H and O–H groups in total. The lowest BCUT2D eigenvalue weighted by atomic mass is 10.0. The SMILES string of the molecule is CC(CCNC(=O)c1ccc(N2CCCC2)cc1)CC(=O)N1CCC2C1C(=O)CN2S(=O)(=O)c1ccncc1. The number of carbonyl (C=O) groups excluding carboxylic acids is 3. The molecule has 208 valence electrons. The summed E-state index contributed by atoms with van der Waals surface area (Å²) in [4.78, 5) is 46.4. The van der Waals surface area contributed by atoms with E-state index in [2.05, 4.69) is 15.2 Å². The minimum absolute atomic E-state index is 0.0115. The number of aromatic nitrogens is 1. The van der Waals surface area contributed by atoms with Gasteiger partial charge in [0.05, 0.1) is 17.5 Å². The van der Waals surface area contributed by atoms with Crippen molar-refractivity contribution in [1.82, 2.24) is 19.5 Å². The highest BCUT2D eigenvalue weighted by molar-refractivity contribution is 7.89. The van der Waals surface area contributed by atoms with Crippen LogP contribution in [0, 0.1) is 5.92 Å². The van der Waals surface area contributed by atoms with Crippen LogP contribution in [-0.4, -0.2) is 85.0 Å². The van der Waals surface area contributed by atoms with Gasteiger partial charge in [0.1, 0.15) is 6.04 Å². The Balaban J connectivity index is 1.11. The third kappa shape index (κ3) is 5.69. The van der Waals surface area contributed by atoms with E-state index in [0.717, 1.165) is 18.8 Å². The van der Waals surface area contributed by atoms with Gasteiger partial charge in [0.2, 0.25) is 15.9 Å². The Morgan fingerprint density at radius 2 is 1.74 bits per heavy atom. The maximum atomic E-state index is 13.1. The number of hydrogen-bond donors (Lipinski definition) is 1. The number of hydrogen-bond acceptors (Lipinski definition) is 7. The Bertz CT molecular complexity index is 1310. The number of carbonyl (C=O) groups is 3. The fourth-order valence-electron chi connectivity index (χ4n) is 5.87. The highest BCUT2D eigenvalue weighted by atomic mass is 32.2. The van der Waals surface area contributed by atoms with Crippen LogP contribution in [0.5, 0.6) is 0 Å². The zero-order chi connectivity index (χ0) is 27.6. The topological polar surface area (TPSA) is 120 Å². The highest BCUT2D eigenvalue weighted by Gasteiger charge is 2.53. The van der Waals surface area contributed by atoms with Gasteiger partial charge in [-0.05, 0) is 68.0 Å². The molecular formula is C28H35N5O5S. The minimum atomic E-state index is -3.86. The molecule has 3 aliphatic rings. The van der Waals surface area contributed by atoms with E-state index in [-0.39, 0.29) is 41.4 Å². The predicted octanol–water partition coefficient (Wildman–Crippen LogP) is 2.07. The van der Waals surface area contributed by atoms with Crippen LogP contribution in [0.25, 0.3) is 0 Å². The fourth-order valence-corrected chi connectivity index (χ4v) is 7.48. The number of anilines is 1. The molecule has 10 nitrogen and oxygen atoms in total. The van der Waals surface area contributed by atoms with Crippen LogP contribution in [0.2, 0.25) is 0 Å². The van der Waals surface area contributed by atoms with Crippen molar-refractivity contribution in [2.24, 2.45) is 5.92 Å². The van der Waals surface area contributed by atoms with Gasteiger partial charge in [-0.2, -0.15) is 4.31 Å². The van der Waals surface area contributed by atoms with Crippen molar-refractivity contribution in [1.29, 1.82) is 0 Å². The number of fused-ring (bicyclic) bond motifs is 1. The first kappa shape index (κ1) is 27.3. The minimum Gasteiger partial charge on any atom is -0.372 e. The summed E-state index contributed by atoms with van der Waals surface area (Å²) in [5.74, 6) is -0.562. The fraction of sp³-hybridized carbons (Fsp3) is 0.500. The van der Waals surface area contributed by atoms with Crippen molar-refractivity contribution in [3.63, 3.8) is 0 Å². The van der Waals surface area contributed by atoms with Crippen LogP contribution in [0.4, 0.5) is 5.69 Å². The monoisotopic (exact) mass is 553 g/mol. The van der Waals surface area contributed by atoms with E-state index in [0.29, 0.717) is 31.5 Å². The van der Waals surface area contributed by atoms with Crippen molar-refractivity contribution >= 4 is 33.3 Å². The van der Waals surface area contributed by atoms with E-state index in [1.165, 1.54) is 41.7 Å². The number of nitrogens with one attached hydrogen (secondary N) is 1. The van der Waals surface area contributed by atoms with Crippen molar-refractivity contribution in [3.8, 4) is 0 Å². The number of Topliss-reactive ketones (excluding diaryl/α,β-unsaturated/α-hetero) is 1. The average Bonchev–Trinajstić information content (AvgIpc) is 3.68. The van der Waals surface area contributed by atoms with E-state index >= 15 is 0 Å². The van der Waals surface area contributed by atoms with Crippen LogP contribution >= 0.6 is 0 Å². The summed E-state index contributed by atoms with van der Waals surface area (Å²) in [7, 11) is -3.86. The molecule has 0 aliphatic carbocycles. The molecule has 3 aliphatic heterocycles. The molecule has 1 aromatic heterocycles. The zero-order valence-electron chi connectivity index (χ0n) is 22.2. The summed E-state index contributed by atoms with van der Waals surface area (Å²) in [6.45, 7) is 4.60. The second-order valence-electron chi connectivity index (χ2n) is 10.7. The Morgan fingerprint density at radius 1 is 1.05 bits per heavy atom. The molecule has 5 rings (SSSR count). The van der Waals surface area contributed by atoms with E-state index in [1.54, 1.807) is 4.90 Å². The quantitative estimate of drug-likeness (QED) is 0.505. The van der Waals surface area contributed by atoms with Gasteiger partial charge in [-0.15, -0.1) is 0 Å². The summed E-state index contributed by atoms with van der Waals surface area (Å²) in [6, 6.07) is 9.18. The number of pyridine rings is 1. The molecule has 39 heavy (non-hydrogen) atoms. The summed E-state index contributed by atoms with van der Waals surface area (Å²) in [5.41, 5.74) is 1.75. The number of amides is 2. The molecule has 3 saturated heterocycles. The van der Waals surface area contributed by atoms with Crippen LogP contribution < -0.4 is 10.2 Å². The molecule has 0 bridgehead atoms. The highest BCUT2D eigenvalue weighted by Crippen LogP contribution is 2.34. The average molecular weight is 554 g/mol.